The van der Waals surface area contributed by atoms with Gasteiger partial charge in [-0.3, -0.25) is 9.59 Å². The minimum Gasteiger partial charge on any atom is -0.492 e. The molecule has 3 rings (SSSR count). The monoisotopic (exact) mass is 392 g/mol. The molecule has 2 aromatic carbocycles. The quantitative estimate of drug-likeness (QED) is 0.834. The molecule has 2 aromatic rings. The summed E-state index contributed by atoms with van der Waals surface area (Å²) < 4.78 is 44.9. The van der Waals surface area contributed by atoms with E-state index in [-0.39, 0.29) is 24.6 Å². The van der Waals surface area contributed by atoms with Gasteiger partial charge in [0.25, 0.3) is 0 Å². The second-order valence-corrected chi connectivity index (χ2v) is 6.34. The van der Waals surface area contributed by atoms with Gasteiger partial charge in [-0.2, -0.15) is 13.2 Å². The second kappa shape index (κ2) is 7.92. The van der Waals surface area contributed by atoms with Crippen LogP contribution in [0.25, 0.3) is 0 Å². The summed E-state index contributed by atoms with van der Waals surface area (Å²) in [5.41, 5.74) is -0.702. The Morgan fingerprint density at radius 1 is 1.18 bits per heavy atom. The summed E-state index contributed by atoms with van der Waals surface area (Å²) in [4.78, 5) is 26.4. The number of nitrogens with one attached hydrogen (secondary N) is 1. The highest BCUT2D eigenvalue weighted by Crippen LogP contribution is 2.36. The van der Waals surface area contributed by atoms with Crippen molar-refractivity contribution in [2.24, 2.45) is 5.92 Å². The molecule has 28 heavy (non-hydrogen) atoms. The van der Waals surface area contributed by atoms with Crippen LogP contribution in [0.15, 0.2) is 48.5 Å². The van der Waals surface area contributed by atoms with Crippen LogP contribution in [0.4, 0.5) is 24.5 Å². The molecule has 8 heteroatoms. The maximum Gasteiger partial charge on any atom is 0.418 e. The number of carbonyl (C=O) groups excluding carboxylic acids is 2. The van der Waals surface area contributed by atoms with E-state index in [1.165, 1.54) is 23.1 Å². The minimum atomic E-state index is -4.59. The van der Waals surface area contributed by atoms with Crippen LogP contribution in [0.3, 0.4) is 0 Å². The second-order valence-electron chi connectivity index (χ2n) is 6.34. The highest BCUT2D eigenvalue weighted by molar-refractivity contribution is 6.04. The maximum atomic E-state index is 13.1. The number of hydrogen-bond acceptors (Lipinski definition) is 3. The summed E-state index contributed by atoms with van der Waals surface area (Å²) in [6, 6.07) is 11.7. The average molecular weight is 392 g/mol. The molecular weight excluding hydrogens is 373 g/mol. The zero-order chi connectivity index (χ0) is 20.3. The van der Waals surface area contributed by atoms with Gasteiger partial charge in [-0.05, 0) is 31.2 Å². The van der Waals surface area contributed by atoms with Gasteiger partial charge in [0, 0.05) is 13.0 Å². The predicted molar refractivity (Wildman–Crippen MR) is 98.1 cm³/mol. The van der Waals surface area contributed by atoms with Gasteiger partial charge >= 0.3 is 6.18 Å². The van der Waals surface area contributed by atoms with Gasteiger partial charge in [0.15, 0.2) is 0 Å². The van der Waals surface area contributed by atoms with Crippen LogP contribution in [0.5, 0.6) is 5.75 Å². The van der Waals surface area contributed by atoms with E-state index >= 15 is 0 Å². The first-order chi connectivity index (χ1) is 13.3. The van der Waals surface area contributed by atoms with Crippen molar-refractivity contribution in [3.8, 4) is 5.75 Å². The molecule has 2 amide bonds. The number of anilines is 2. The van der Waals surface area contributed by atoms with Crippen LogP contribution in [-0.2, 0) is 15.8 Å². The summed E-state index contributed by atoms with van der Waals surface area (Å²) in [7, 11) is 0. The molecule has 1 atom stereocenters. The molecule has 0 saturated carbocycles. The van der Waals surface area contributed by atoms with Crippen molar-refractivity contribution in [2.75, 3.05) is 23.4 Å². The number of hydrogen-bond donors (Lipinski definition) is 1. The van der Waals surface area contributed by atoms with Gasteiger partial charge in [-0.25, -0.2) is 0 Å². The first kappa shape index (κ1) is 19.7. The highest BCUT2D eigenvalue weighted by atomic mass is 19.4. The predicted octanol–water partition coefficient (Wildman–Crippen LogP) is 4.10. The van der Waals surface area contributed by atoms with Crippen LogP contribution < -0.4 is 15.0 Å². The van der Waals surface area contributed by atoms with Crippen molar-refractivity contribution in [3.63, 3.8) is 0 Å². The Morgan fingerprint density at radius 2 is 1.86 bits per heavy atom. The lowest BCUT2D eigenvalue weighted by molar-refractivity contribution is -0.137. The fraction of sp³-hybridized carbons (Fsp3) is 0.300. The molecule has 148 valence electrons. The molecular formula is C20H19F3N2O3. The molecule has 1 heterocycles. The first-order valence-corrected chi connectivity index (χ1v) is 8.80. The number of nitrogens with zero attached hydrogens (tertiary/aromatic N) is 1. The van der Waals surface area contributed by atoms with Crippen molar-refractivity contribution in [2.45, 2.75) is 19.5 Å². The zero-order valence-corrected chi connectivity index (χ0v) is 15.1. The molecule has 0 aromatic heterocycles. The number of para-hydroxylation sites is 3. The number of carbonyl (C=O) groups is 2. The summed E-state index contributed by atoms with van der Waals surface area (Å²) >= 11 is 0. The Bertz CT molecular complexity index is 883. The lowest BCUT2D eigenvalue weighted by Gasteiger charge is -2.20. The number of halogens is 3. The Kier molecular flexibility index (Phi) is 5.58. The van der Waals surface area contributed by atoms with E-state index in [4.69, 9.17) is 4.74 Å². The van der Waals surface area contributed by atoms with Crippen LogP contribution in [0.2, 0.25) is 0 Å². The fourth-order valence-corrected chi connectivity index (χ4v) is 3.15. The molecule has 1 aliphatic rings. The van der Waals surface area contributed by atoms with Crippen LogP contribution in [0.1, 0.15) is 18.9 Å². The first-order valence-electron chi connectivity index (χ1n) is 8.80. The van der Waals surface area contributed by atoms with Crippen LogP contribution >= 0.6 is 0 Å². The number of ether oxygens (including phenoxy) is 1. The van der Waals surface area contributed by atoms with E-state index in [2.05, 4.69) is 5.32 Å². The molecule has 1 aliphatic heterocycles. The summed E-state index contributed by atoms with van der Waals surface area (Å²) in [5, 5.41) is 2.32. The van der Waals surface area contributed by atoms with Crippen molar-refractivity contribution >= 4 is 23.2 Å². The van der Waals surface area contributed by atoms with E-state index in [0.29, 0.717) is 18.0 Å². The Morgan fingerprint density at radius 3 is 2.57 bits per heavy atom. The van der Waals surface area contributed by atoms with Gasteiger partial charge in [0.2, 0.25) is 11.8 Å². The third kappa shape index (κ3) is 4.11. The molecule has 0 radical (unpaired) electrons. The lowest BCUT2D eigenvalue weighted by atomic mass is 10.1. The molecule has 1 fully saturated rings. The van der Waals surface area contributed by atoms with E-state index in [1.807, 2.05) is 6.92 Å². The third-order valence-electron chi connectivity index (χ3n) is 4.44. The van der Waals surface area contributed by atoms with Gasteiger partial charge in [0.1, 0.15) is 5.75 Å². The molecule has 5 nitrogen and oxygen atoms in total. The minimum absolute atomic E-state index is 0.0724. The molecule has 0 aliphatic carbocycles. The van der Waals surface area contributed by atoms with E-state index in [0.717, 1.165) is 6.07 Å². The lowest BCUT2D eigenvalue weighted by Crippen LogP contribution is -2.29. The smallest absolute Gasteiger partial charge is 0.418 e. The number of alkyl halides is 3. The molecule has 1 saturated heterocycles. The summed E-state index contributed by atoms with van der Waals surface area (Å²) in [5.74, 6) is -1.15. The van der Waals surface area contributed by atoms with Gasteiger partial charge in [-0.15, -0.1) is 0 Å². The molecule has 1 N–H and O–H groups in total. The number of benzene rings is 2. The summed E-state index contributed by atoms with van der Waals surface area (Å²) in [6.45, 7) is 2.30. The molecule has 0 spiro atoms. The molecule has 0 unspecified atom stereocenters. The Hall–Kier alpha value is -3.03. The standard InChI is InChI=1S/C20H19F3N2O3/c1-2-28-17-10-6-5-9-16(17)25-12-13(11-18(25)26)19(27)24-15-8-4-3-7-14(15)20(21,22)23/h3-10,13H,2,11-12H2,1H3,(H,24,27)/t13-/m1/s1. The van der Waals surface area contributed by atoms with Gasteiger partial charge in [0.05, 0.1) is 29.5 Å². The Balaban J connectivity index is 1.77. The normalized spacial score (nSPS) is 16.9. The Labute approximate surface area is 160 Å². The van der Waals surface area contributed by atoms with Crippen molar-refractivity contribution in [3.05, 3.63) is 54.1 Å². The van der Waals surface area contributed by atoms with Crippen LogP contribution in [0, 0.1) is 5.92 Å². The fourth-order valence-electron chi connectivity index (χ4n) is 3.15. The highest BCUT2D eigenvalue weighted by Gasteiger charge is 2.38. The number of amides is 2. The van der Waals surface area contributed by atoms with Crippen molar-refractivity contribution in [1.82, 2.24) is 0 Å². The van der Waals surface area contributed by atoms with E-state index < -0.39 is 23.6 Å². The molecule has 0 bridgehead atoms. The average Bonchev–Trinajstić information content (AvgIpc) is 3.04. The van der Waals surface area contributed by atoms with E-state index in [9.17, 15) is 22.8 Å². The van der Waals surface area contributed by atoms with Crippen LogP contribution in [-0.4, -0.2) is 25.0 Å². The van der Waals surface area contributed by atoms with Crippen molar-refractivity contribution < 1.29 is 27.5 Å². The summed E-state index contributed by atoms with van der Waals surface area (Å²) in [6.07, 6.45) is -4.67. The maximum absolute atomic E-state index is 13.1. The third-order valence-corrected chi connectivity index (χ3v) is 4.44. The van der Waals surface area contributed by atoms with Gasteiger partial charge < -0.3 is 15.0 Å². The zero-order valence-electron chi connectivity index (χ0n) is 15.1. The van der Waals surface area contributed by atoms with Gasteiger partial charge in [-0.1, -0.05) is 24.3 Å². The topological polar surface area (TPSA) is 58.6 Å². The SMILES string of the molecule is CCOc1ccccc1N1C[C@H](C(=O)Nc2ccccc2C(F)(F)F)CC1=O. The van der Waals surface area contributed by atoms with Crippen molar-refractivity contribution in [1.29, 1.82) is 0 Å². The largest absolute Gasteiger partial charge is 0.492 e. The van der Waals surface area contributed by atoms with E-state index in [1.54, 1.807) is 24.3 Å². The number of rotatable bonds is 5.